The fraction of sp³-hybridized carbons (Fsp3) is 0.355. The molecule has 0 radical (unpaired) electrons. The normalized spacial score (nSPS) is 15.5. The summed E-state index contributed by atoms with van der Waals surface area (Å²) >= 11 is 0. The number of para-hydroxylation sites is 5. The minimum Gasteiger partial charge on any atom is -0.493 e. The van der Waals surface area contributed by atoms with Crippen molar-refractivity contribution in [2.24, 2.45) is 0 Å². The molecule has 0 saturated carbocycles. The van der Waals surface area contributed by atoms with Gasteiger partial charge in [-0.2, -0.15) is 0 Å². The van der Waals surface area contributed by atoms with E-state index in [0.29, 0.717) is 26.2 Å². The SMILES string of the molecule is CCOc1ccccc1N1C[C@H](c2nc3ccccc3n2CCCCOc2c(C)cccc2C)CC1=O. The van der Waals surface area contributed by atoms with E-state index >= 15 is 0 Å². The summed E-state index contributed by atoms with van der Waals surface area (Å²) in [5, 5.41) is 0. The number of ether oxygens (including phenoxy) is 2. The molecule has 0 unspecified atom stereocenters. The summed E-state index contributed by atoms with van der Waals surface area (Å²) in [6, 6.07) is 22.3. The second kappa shape index (κ2) is 11.1. The fourth-order valence-electron chi connectivity index (χ4n) is 5.28. The Kier molecular flexibility index (Phi) is 7.45. The van der Waals surface area contributed by atoms with E-state index in [-0.39, 0.29) is 11.8 Å². The van der Waals surface area contributed by atoms with Crippen molar-refractivity contribution >= 4 is 22.6 Å². The fourth-order valence-corrected chi connectivity index (χ4v) is 5.28. The molecule has 1 amide bonds. The van der Waals surface area contributed by atoms with Crippen LogP contribution in [0.2, 0.25) is 0 Å². The van der Waals surface area contributed by atoms with E-state index < -0.39 is 0 Å². The van der Waals surface area contributed by atoms with Crippen LogP contribution < -0.4 is 14.4 Å². The van der Waals surface area contributed by atoms with Crippen molar-refractivity contribution in [3.05, 3.63) is 83.7 Å². The molecule has 37 heavy (non-hydrogen) atoms. The number of carbonyl (C=O) groups excluding carboxylic acids is 1. The van der Waals surface area contributed by atoms with Gasteiger partial charge in [0.15, 0.2) is 0 Å². The van der Waals surface area contributed by atoms with Crippen molar-refractivity contribution in [1.82, 2.24) is 9.55 Å². The third-order valence-corrected chi connectivity index (χ3v) is 7.06. The molecular formula is C31H35N3O3. The number of carbonyl (C=O) groups is 1. The first kappa shape index (κ1) is 24.9. The van der Waals surface area contributed by atoms with Crippen LogP contribution >= 0.6 is 0 Å². The van der Waals surface area contributed by atoms with Crippen LogP contribution in [0.15, 0.2) is 66.7 Å². The average molecular weight is 498 g/mol. The van der Waals surface area contributed by atoms with E-state index in [1.54, 1.807) is 0 Å². The zero-order valence-electron chi connectivity index (χ0n) is 21.9. The van der Waals surface area contributed by atoms with Gasteiger partial charge in [0.1, 0.15) is 17.3 Å². The third-order valence-electron chi connectivity index (χ3n) is 7.06. The minimum atomic E-state index is 0.0282. The van der Waals surface area contributed by atoms with Crippen LogP contribution in [0, 0.1) is 13.8 Å². The van der Waals surface area contributed by atoms with Gasteiger partial charge in [-0.05, 0) is 69.0 Å². The summed E-state index contributed by atoms with van der Waals surface area (Å²) in [6.07, 6.45) is 2.35. The van der Waals surface area contributed by atoms with Crippen molar-refractivity contribution in [1.29, 1.82) is 0 Å². The molecule has 1 saturated heterocycles. The number of hydrogen-bond acceptors (Lipinski definition) is 4. The van der Waals surface area contributed by atoms with Crippen molar-refractivity contribution in [3.63, 3.8) is 0 Å². The Morgan fingerprint density at radius 1 is 0.919 bits per heavy atom. The Bertz CT molecular complexity index is 1370. The van der Waals surface area contributed by atoms with Gasteiger partial charge in [-0.25, -0.2) is 4.98 Å². The van der Waals surface area contributed by atoms with E-state index in [1.807, 2.05) is 42.2 Å². The van der Waals surface area contributed by atoms with Gasteiger partial charge >= 0.3 is 0 Å². The average Bonchev–Trinajstić information content (AvgIpc) is 3.46. The molecule has 192 valence electrons. The van der Waals surface area contributed by atoms with E-state index in [4.69, 9.17) is 14.5 Å². The second-order valence-electron chi connectivity index (χ2n) is 9.69. The quantitative estimate of drug-likeness (QED) is 0.237. The first-order chi connectivity index (χ1) is 18.1. The van der Waals surface area contributed by atoms with Gasteiger partial charge in [-0.3, -0.25) is 4.79 Å². The smallest absolute Gasteiger partial charge is 0.227 e. The molecule has 1 fully saturated rings. The standard InChI is InChI=1S/C31H35N3O3/c1-4-36-28-17-8-7-16-27(28)34-21-24(20-29(34)35)31-32-25-14-5-6-15-26(25)33(31)18-9-10-19-37-30-22(2)12-11-13-23(30)3/h5-8,11-17,24H,4,9-10,18-21H2,1-3H3/t24-/m1/s1. The van der Waals surface area contributed by atoms with Crippen molar-refractivity contribution in [3.8, 4) is 11.5 Å². The third kappa shape index (κ3) is 5.19. The highest BCUT2D eigenvalue weighted by Crippen LogP contribution is 2.37. The molecule has 6 heteroatoms. The van der Waals surface area contributed by atoms with E-state index in [1.165, 1.54) is 11.1 Å². The molecule has 1 atom stereocenters. The molecule has 2 heterocycles. The largest absolute Gasteiger partial charge is 0.493 e. The first-order valence-corrected chi connectivity index (χ1v) is 13.2. The molecule has 3 aromatic carbocycles. The van der Waals surface area contributed by atoms with Crippen molar-refractivity contribution in [2.45, 2.75) is 52.5 Å². The Morgan fingerprint density at radius 3 is 2.49 bits per heavy atom. The van der Waals surface area contributed by atoms with Crippen LogP contribution in [0.1, 0.15) is 49.1 Å². The monoisotopic (exact) mass is 497 g/mol. The molecule has 0 bridgehead atoms. The number of anilines is 1. The zero-order valence-corrected chi connectivity index (χ0v) is 21.9. The molecule has 1 aromatic heterocycles. The maximum Gasteiger partial charge on any atom is 0.227 e. The van der Waals surface area contributed by atoms with Crippen LogP contribution in [-0.2, 0) is 11.3 Å². The number of fused-ring (bicyclic) bond motifs is 1. The molecule has 0 aliphatic carbocycles. The Morgan fingerprint density at radius 2 is 1.68 bits per heavy atom. The van der Waals surface area contributed by atoms with Crippen LogP contribution in [0.25, 0.3) is 11.0 Å². The number of benzene rings is 3. The Balaban J connectivity index is 1.31. The van der Waals surface area contributed by atoms with Gasteiger partial charge in [-0.1, -0.05) is 42.5 Å². The number of rotatable bonds is 10. The van der Waals surface area contributed by atoms with Gasteiger partial charge in [0, 0.05) is 25.4 Å². The topological polar surface area (TPSA) is 56.6 Å². The highest BCUT2D eigenvalue weighted by molar-refractivity contribution is 5.97. The van der Waals surface area contributed by atoms with Crippen LogP contribution in [0.3, 0.4) is 0 Å². The highest BCUT2D eigenvalue weighted by Gasteiger charge is 2.35. The summed E-state index contributed by atoms with van der Waals surface area (Å²) in [5.74, 6) is 2.87. The minimum absolute atomic E-state index is 0.0282. The summed E-state index contributed by atoms with van der Waals surface area (Å²) < 4.78 is 14.2. The summed E-state index contributed by atoms with van der Waals surface area (Å²) in [6.45, 7) is 8.81. The van der Waals surface area contributed by atoms with E-state index in [2.05, 4.69) is 54.8 Å². The van der Waals surface area contributed by atoms with Gasteiger partial charge in [0.05, 0.1) is 29.9 Å². The molecule has 5 rings (SSSR count). The van der Waals surface area contributed by atoms with Gasteiger partial charge < -0.3 is 18.9 Å². The predicted octanol–water partition coefficient (Wildman–Crippen LogP) is 6.43. The molecule has 1 aliphatic heterocycles. The number of unbranched alkanes of at least 4 members (excludes halogenated alkanes) is 1. The van der Waals surface area contributed by atoms with Crippen LogP contribution in [-0.4, -0.2) is 35.2 Å². The first-order valence-electron chi connectivity index (χ1n) is 13.2. The number of aryl methyl sites for hydroxylation is 3. The molecular weight excluding hydrogens is 462 g/mol. The van der Waals surface area contributed by atoms with Gasteiger partial charge in [0.25, 0.3) is 0 Å². The lowest BCUT2D eigenvalue weighted by atomic mass is 10.1. The number of aromatic nitrogens is 2. The summed E-state index contributed by atoms with van der Waals surface area (Å²) in [4.78, 5) is 20.0. The maximum absolute atomic E-state index is 13.1. The molecule has 1 aliphatic rings. The second-order valence-corrected chi connectivity index (χ2v) is 9.69. The number of hydrogen-bond donors (Lipinski definition) is 0. The van der Waals surface area contributed by atoms with E-state index in [0.717, 1.165) is 53.4 Å². The van der Waals surface area contributed by atoms with Crippen molar-refractivity contribution < 1.29 is 14.3 Å². The van der Waals surface area contributed by atoms with Crippen molar-refractivity contribution in [2.75, 3.05) is 24.7 Å². The van der Waals surface area contributed by atoms with Gasteiger partial charge in [0.2, 0.25) is 5.91 Å². The Labute approximate surface area is 218 Å². The maximum atomic E-state index is 13.1. The molecule has 6 nitrogen and oxygen atoms in total. The summed E-state index contributed by atoms with van der Waals surface area (Å²) in [5.41, 5.74) is 5.27. The Hall–Kier alpha value is -3.80. The molecule has 0 spiro atoms. The highest BCUT2D eigenvalue weighted by atomic mass is 16.5. The number of amides is 1. The van der Waals surface area contributed by atoms with Crippen LogP contribution in [0.5, 0.6) is 11.5 Å². The van der Waals surface area contributed by atoms with Crippen LogP contribution in [0.4, 0.5) is 5.69 Å². The number of nitrogens with zero attached hydrogens (tertiary/aromatic N) is 3. The van der Waals surface area contributed by atoms with E-state index in [9.17, 15) is 4.79 Å². The predicted molar refractivity (Wildman–Crippen MR) is 148 cm³/mol. The lowest BCUT2D eigenvalue weighted by molar-refractivity contribution is -0.117. The lowest BCUT2D eigenvalue weighted by Gasteiger charge is -2.20. The zero-order chi connectivity index (χ0) is 25.8. The molecule has 4 aromatic rings. The summed E-state index contributed by atoms with van der Waals surface area (Å²) in [7, 11) is 0. The van der Waals surface area contributed by atoms with Gasteiger partial charge in [-0.15, -0.1) is 0 Å². The number of imidazole rings is 1. The molecule has 0 N–H and O–H groups in total. The lowest BCUT2D eigenvalue weighted by Crippen LogP contribution is -2.25.